The maximum absolute atomic E-state index is 12.4. The number of sulfonamides is 1. The summed E-state index contributed by atoms with van der Waals surface area (Å²) in [5, 5.41) is 0. The Morgan fingerprint density at radius 1 is 1.00 bits per heavy atom. The summed E-state index contributed by atoms with van der Waals surface area (Å²) >= 11 is 3.25. The van der Waals surface area contributed by atoms with Gasteiger partial charge in [0.25, 0.3) is 10.0 Å². The second-order valence-electron chi connectivity index (χ2n) is 6.80. The molecular formula is C19H20BrNO6S. The summed E-state index contributed by atoms with van der Waals surface area (Å²) in [6, 6.07) is 11.8. The molecule has 9 heteroatoms. The number of hydrogen-bond donors (Lipinski definition) is 1. The number of carbonyl (C=O) groups is 2. The van der Waals surface area contributed by atoms with Crippen molar-refractivity contribution in [1.29, 1.82) is 0 Å². The summed E-state index contributed by atoms with van der Waals surface area (Å²) in [6.45, 7) is 4.62. The van der Waals surface area contributed by atoms with Gasteiger partial charge in [-0.3, -0.25) is 4.72 Å². The predicted octanol–water partition coefficient (Wildman–Crippen LogP) is 3.75. The Labute approximate surface area is 172 Å². The van der Waals surface area contributed by atoms with Gasteiger partial charge in [-0.05, 0) is 69.3 Å². The molecule has 0 aromatic heterocycles. The van der Waals surface area contributed by atoms with Gasteiger partial charge in [0.1, 0.15) is 5.60 Å². The third-order valence-corrected chi connectivity index (χ3v) is 5.16. The van der Waals surface area contributed by atoms with Crippen molar-refractivity contribution in [1.82, 2.24) is 0 Å². The highest BCUT2D eigenvalue weighted by Crippen LogP contribution is 2.19. The van der Waals surface area contributed by atoms with Crippen molar-refractivity contribution >= 4 is 43.6 Å². The molecule has 0 bridgehead atoms. The molecule has 0 aliphatic carbocycles. The van der Waals surface area contributed by atoms with E-state index in [-0.39, 0.29) is 16.1 Å². The first-order valence-corrected chi connectivity index (χ1v) is 10.5. The van der Waals surface area contributed by atoms with Gasteiger partial charge in [0.2, 0.25) is 0 Å². The Hall–Kier alpha value is -2.39. The van der Waals surface area contributed by atoms with Crippen molar-refractivity contribution in [3.8, 4) is 0 Å². The van der Waals surface area contributed by atoms with Crippen LogP contribution in [0.3, 0.4) is 0 Å². The summed E-state index contributed by atoms with van der Waals surface area (Å²) in [4.78, 5) is 23.7. The van der Waals surface area contributed by atoms with E-state index in [0.717, 1.165) is 4.47 Å². The lowest BCUT2D eigenvalue weighted by molar-refractivity contribution is -0.158. The van der Waals surface area contributed by atoms with Crippen LogP contribution in [0, 0.1) is 0 Å². The van der Waals surface area contributed by atoms with Crippen molar-refractivity contribution in [2.24, 2.45) is 0 Å². The number of carbonyl (C=O) groups excluding carboxylic acids is 2. The molecule has 2 rings (SSSR count). The zero-order chi connectivity index (χ0) is 20.9. The number of esters is 2. The molecule has 0 atom stereocenters. The zero-order valence-electron chi connectivity index (χ0n) is 15.6. The fourth-order valence-electron chi connectivity index (χ4n) is 2.08. The third kappa shape index (κ3) is 6.65. The minimum Gasteiger partial charge on any atom is -0.457 e. The Kier molecular flexibility index (Phi) is 6.84. The van der Waals surface area contributed by atoms with Crippen LogP contribution >= 0.6 is 15.9 Å². The van der Waals surface area contributed by atoms with E-state index in [2.05, 4.69) is 20.7 Å². The SMILES string of the molecule is CC(C)(C)OC(=O)COC(=O)c1ccc(NS(=O)(=O)c2ccc(Br)cc2)cc1. The molecule has 0 amide bonds. The molecule has 2 aromatic rings. The van der Waals surface area contributed by atoms with Gasteiger partial charge in [-0.2, -0.15) is 0 Å². The number of benzene rings is 2. The molecule has 1 N–H and O–H groups in total. The Morgan fingerprint density at radius 3 is 2.11 bits per heavy atom. The van der Waals surface area contributed by atoms with Crippen molar-refractivity contribution in [3.63, 3.8) is 0 Å². The second-order valence-corrected chi connectivity index (χ2v) is 9.40. The number of anilines is 1. The highest BCUT2D eigenvalue weighted by atomic mass is 79.9. The molecule has 0 saturated heterocycles. The van der Waals surface area contributed by atoms with Gasteiger partial charge in [0, 0.05) is 10.2 Å². The van der Waals surface area contributed by atoms with Crippen LogP contribution in [0.15, 0.2) is 57.9 Å². The summed E-state index contributed by atoms with van der Waals surface area (Å²) in [5.74, 6) is -1.37. The highest BCUT2D eigenvalue weighted by Gasteiger charge is 2.18. The highest BCUT2D eigenvalue weighted by molar-refractivity contribution is 9.10. The van der Waals surface area contributed by atoms with Crippen molar-refractivity contribution in [2.45, 2.75) is 31.3 Å². The number of nitrogens with one attached hydrogen (secondary N) is 1. The zero-order valence-corrected chi connectivity index (χ0v) is 18.0. The summed E-state index contributed by atoms with van der Waals surface area (Å²) in [7, 11) is -3.75. The fourth-order valence-corrected chi connectivity index (χ4v) is 3.40. The molecular weight excluding hydrogens is 450 g/mol. The van der Waals surface area contributed by atoms with Gasteiger partial charge in [0.05, 0.1) is 10.5 Å². The van der Waals surface area contributed by atoms with Gasteiger partial charge in [-0.15, -0.1) is 0 Å². The number of hydrogen-bond acceptors (Lipinski definition) is 6. The van der Waals surface area contributed by atoms with Gasteiger partial charge < -0.3 is 9.47 Å². The summed E-state index contributed by atoms with van der Waals surface area (Å²) < 4.78 is 37.9. The Morgan fingerprint density at radius 2 is 1.57 bits per heavy atom. The number of halogens is 1. The molecule has 0 fully saturated rings. The first-order chi connectivity index (χ1) is 13.0. The molecule has 0 heterocycles. The second kappa shape index (κ2) is 8.74. The minimum atomic E-state index is -3.75. The molecule has 0 unspecified atom stereocenters. The molecule has 2 aromatic carbocycles. The minimum absolute atomic E-state index is 0.108. The average molecular weight is 470 g/mol. The van der Waals surface area contributed by atoms with Crippen LogP contribution < -0.4 is 4.72 Å². The summed E-state index contributed by atoms with van der Waals surface area (Å²) in [6.07, 6.45) is 0. The maximum Gasteiger partial charge on any atom is 0.344 e. The van der Waals surface area contributed by atoms with Crippen LogP contribution in [0.2, 0.25) is 0 Å². The van der Waals surface area contributed by atoms with Crippen LogP contribution in [-0.2, 0) is 24.3 Å². The lowest BCUT2D eigenvalue weighted by atomic mass is 10.2. The van der Waals surface area contributed by atoms with Crippen LogP contribution in [0.4, 0.5) is 5.69 Å². The molecule has 28 heavy (non-hydrogen) atoms. The predicted molar refractivity (Wildman–Crippen MR) is 108 cm³/mol. The quantitative estimate of drug-likeness (QED) is 0.646. The van der Waals surface area contributed by atoms with E-state index in [1.165, 1.54) is 36.4 Å². The molecule has 0 saturated carbocycles. The largest absolute Gasteiger partial charge is 0.457 e. The van der Waals surface area contributed by atoms with E-state index in [4.69, 9.17) is 9.47 Å². The van der Waals surface area contributed by atoms with E-state index in [1.807, 2.05) is 0 Å². The number of rotatable bonds is 6. The van der Waals surface area contributed by atoms with Crippen LogP contribution in [-0.4, -0.2) is 32.6 Å². The van der Waals surface area contributed by atoms with E-state index < -0.39 is 34.2 Å². The first kappa shape index (κ1) is 21.9. The monoisotopic (exact) mass is 469 g/mol. The van der Waals surface area contributed by atoms with Gasteiger partial charge in [-0.1, -0.05) is 15.9 Å². The van der Waals surface area contributed by atoms with E-state index in [0.29, 0.717) is 0 Å². The van der Waals surface area contributed by atoms with Crippen molar-refractivity contribution < 1.29 is 27.5 Å². The van der Waals surface area contributed by atoms with Crippen LogP contribution in [0.5, 0.6) is 0 Å². The van der Waals surface area contributed by atoms with Crippen LogP contribution in [0.1, 0.15) is 31.1 Å². The van der Waals surface area contributed by atoms with E-state index >= 15 is 0 Å². The van der Waals surface area contributed by atoms with Gasteiger partial charge >= 0.3 is 11.9 Å². The standard InChI is InChI=1S/C19H20BrNO6S/c1-19(2,3)27-17(22)12-26-18(23)13-4-8-15(9-5-13)21-28(24,25)16-10-6-14(20)7-11-16/h4-11,21H,12H2,1-3H3. The normalized spacial score (nSPS) is 11.6. The maximum atomic E-state index is 12.4. The van der Waals surface area contributed by atoms with E-state index in [9.17, 15) is 18.0 Å². The molecule has 0 aliphatic heterocycles. The number of ether oxygens (including phenoxy) is 2. The molecule has 0 aliphatic rings. The van der Waals surface area contributed by atoms with Crippen LogP contribution in [0.25, 0.3) is 0 Å². The molecule has 150 valence electrons. The smallest absolute Gasteiger partial charge is 0.344 e. The summed E-state index contributed by atoms with van der Waals surface area (Å²) in [5.41, 5.74) is -0.210. The Bertz CT molecular complexity index is 947. The molecule has 7 nitrogen and oxygen atoms in total. The average Bonchev–Trinajstić information content (AvgIpc) is 2.59. The third-order valence-electron chi connectivity index (χ3n) is 3.24. The molecule has 0 radical (unpaired) electrons. The van der Waals surface area contributed by atoms with E-state index in [1.54, 1.807) is 32.9 Å². The van der Waals surface area contributed by atoms with Crippen molar-refractivity contribution in [2.75, 3.05) is 11.3 Å². The van der Waals surface area contributed by atoms with Gasteiger partial charge in [0.15, 0.2) is 6.61 Å². The lowest BCUT2D eigenvalue weighted by Crippen LogP contribution is -2.27. The Balaban J connectivity index is 1.98. The first-order valence-electron chi connectivity index (χ1n) is 8.24. The topological polar surface area (TPSA) is 98.8 Å². The van der Waals surface area contributed by atoms with Gasteiger partial charge in [-0.25, -0.2) is 18.0 Å². The van der Waals surface area contributed by atoms with Crippen molar-refractivity contribution in [3.05, 3.63) is 58.6 Å². The fraction of sp³-hybridized carbons (Fsp3) is 0.263. The molecule has 0 spiro atoms. The lowest BCUT2D eigenvalue weighted by Gasteiger charge is -2.19.